The van der Waals surface area contributed by atoms with E-state index in [2.05, 4.69) is 5.32 Å². The van der Waals surface area contributed by atoms with E-state index in [1.807, 2.05) is 0 Å². The number of benzene rings is 1. The number of hydrogen-bond acceptors (Lipinski definition) is 3. The van der Waals surface area contributed by atoms with Crippen LogP contribution in [-0.2, 0) is 16.6 Å². The van der Waals surface area contributed by atoms with Crippen molar-refractivity contribution in [1.29, 1.82) is 0 Å². The molecule has 0 unspecified atom stereocenters. The van der Waals surface area contributed by atoms with Gasteiger partial charge in [0.15, 0.2) is 0 Å². The summed E-state index contributed by atoms with van der Waals surface area (Å²) in [5.74, 6) is -0.589. The van der Waals surface area contributed by atoms with E-state index in [1.54, 1.807) is 0 Å². The molecule has 0 saturated carbocycles. The van der Waals surface area contributed by atoms with E-state index < -0.39 is 33.5 Å². The Bertz CT molecular complexity index is 585. The predicted molar refractivity (Wildman–Crippen MR) is 65.1 cm³/mol. The summed E-state index contributed by atoms with van der Waals surface area (Å²) >= 11 is 0. The van der Waals surface area contributed by atoms with E-state index >= 15 is 0 Å². The van der Waals surface area contributed by atoms with Gasteiger partial charge < -0.3 is 5.32 Å². The molecule has 0 bridgehead atoms. The topological polar surface area (TPSA) is 58.2 Å². The highest BCUT2D eigenvalue weighted by molar-refractivity contribution is 7.89. The maximum absolute atomic E-state index is 13.7. The maximum Gasteiger partial charge on any atom is 0.402 e. The van der Waals surface area contributed by atoms with Crippen molar-refractivity contribution in [2.45, 2.75) is 24.5 Å². The van der Waals surface area contributed by atoms with E-state index in [-0.39, 0.29) is 17.7 Å². The molecule has 0 spiro atoms. The average molecular weight is 314 g/mol. The van der Waals surface area contributed by atoms with Crippen LogP contribution in [0.25, 0.3) is 0 Å². The molecule has 1 aromatic rings. The number of hydrogen-bond donors (Lipinski definition) is 2. The van der Waals surface area contributed by atoms with Gasteiger partial charge in [-0.2, -0.15) is 13.2 Å². The lowest BCUT2D eigenvalue weighted by Gasteiger charge is -2.12. The molecule has 0 fully saturated rings. The van der Waals surface area contributed by atoms with Crippen molar-refractivity contribution in [3.05, 3.63) is 29.1 Å². The summed E-state index contributed by atoms with van der Waals surface area (Å²) in [5.41, 5.74) is 0.116. The van der Waals surface area contributed by atoms with Crippen LogP contribution < -0.4 is 10.0 Å². The Kier molecular flexibility index (Phi) is 5.11. The monoisotopic (exact) mass is 314 g/mol. The first-order chi connectivity index (χ1) is 9.07. The Morgan fingerprint density at radius 2 is 1.85 bits per heavy atom. The fourth-order valence-corrected chi connectivity index (χ4v) is 2.69. The van der Waals surface area contributed by atoms with E-state index in [0.717, 1.165) is 12.1 Å². The molecule has 0 aliphatic heterocycles. The summed E-state index contributed by atoms with van der Waals surface area (Å²) in [7, 11) is -2.80. The van der Waals surface area contributed by atoms with Crippen LogP contribution in [0.5, 0.6) is 0 Å². The molecule has 114 valence electrons. The lowest BCUT2D eigenvalue weighted by atomic mass is 10.1. The standard InChI is InChI=1S/C11H14F4N2O2S/c1-7-3-9(4-8(5-16-2)10(7)12)20(18,19)17-6-11(13,14)15/h3-4,16-17H,5-6H2,1-2H3. The van der Waals surface area contributed by atoms with Gasteiger partial charge in [0.1, 0.15) is 12.4 Å². The van der Waals surface area contributed by atoms with Crippen molar-refractivity contribution in [3.8, 4) is 0 Å². The minimum Gasteiger partial charge on any atom is -0.316 e. The number of sulfonamides is 1. The molecule has 0 radical (unpaired) electrons. The first kappa shape index (κ1) is 16.9. The third-order valence-electron chi connectivity index (χ3n) is 2.44. The summed E-state index contributed by atoms with van der Waals surface area (Å²) in [5, 5.41) is 2.65. The zero-order valence-electron chi connectivity index (χ0n) is 10.8. The first-order valence-electron chi connectivity index (χ1n) is 5.57. The molecule has 0 amide bonds. The highest BCUT2D eigenvalue weighted by atomic mass is 32.2. The number of alkyl halides is 3. The Balaban J connectivity index is 3.12. The molecule has 9 heteroatoms. The van der Waals surface area contributed by atoms with Gasteiger partial charge in [-0.1, -0.05) is 0 Å². The first-order valence-corrected chi connectivity index (χ1v) is 7.05. The quantitative estimate of drug-likeness (QED) is 0.813. The minimum absolute atomic E-state index is 0.0464. The number of aryl methyl sites for hydroxylation is 1. The Morgan fingerprint density at radius 1 is 1.25 bits per heavy atom. The van der Waals surface area contributed by atoms with Crippen LogP contribution >= 0.6 is 0 Å². The zero-order chi connectivity index (χ0) is 15.6. The molecule has 0 aromatic heterocycles. The van der Waals surface area contributed by atoms with Crippen molar-refractivity contribution in [3.63, 3.8) is 0 Å². The van der Waals surface area contributed by atoms with Gasteiger partial charge in [-0.05, 0) is 31.7 Å². The van der Waals surface area contributed by atoms with Crippen LogP contribution in [0.4, 0.5) is 17.6 Å². The van der Waals surface area contributed by atoms with E-state index in [0.29, 0.717) is 0 Å². The van der Waals surface area contributed by atoms with Crippen molar-refractivity contribution in [2.75, 3.05) is 13.6 Å². The Labute approximate surface area is 114 Å². The third kappa shape index (κ3) is 4.43. The second kappa shape index (κ2) is 6.06. The molecule has 0 aliphatic rings. The van der Waals surface area contributed by atoms with Crippen LogP contribution in [-0.4, -0.2) is 28.2 Å². The van der Waals surface area contributed by atoms with Crippen molar-refractivity contribution in [1.82, 2.24) is 10.0 Å². The summed E-state index contributed by atoms with van der Waals surface area (Å²) in [6.45, 7) is -0.264. The van der Waals surface area contributed by atoms with Gasteiger partial charge in [-0.15, -0.1) is 0 Å². The van der Waals surface area contributed by atoms with Gasteiger partial charge >= 0.3 is 6.18 Å². The van der Waals surface area contributed by atoms with E-state index in [1.165, 1.54) is 18.7 Å². The van der Waals surface area contributed by atoms with Crippen LogP contribution in [0, 0.1) is 12.7 Å². The molecule has 2 N–H and O–H groups in total. The van der Waals surface area contributed by atoms with Gasteiger partial charge in [-0.25, -0.2) is 17.5 Å². The normalized spacial score (nSPS) is 12.7. The largest absolute Gasteiger partial charge is 0.402 e. The highest BCUT2D eigenvalue weighted by Gasteiger charge is 2.30. The molecule has 0 aliphatic carbocycles. The Hall–Kier alpha value is -1.19. The smallest absolute Gasteiger partial charge is 0.316 e. The predicted octanol–water partition coefficient (Wildman–Crippen LogP) is 1.69. The summed E-state index contributed by atoms with van der Waals surface area (Å²) in [6.07, 6.45) is -4.66. The lowest BCUT2D eigenvalue weighted by Crippen LogP contribution is -2.33. The highest BCUT2D eigenvalue weighted by Crippen LogP contribution is 2.20. The van der Waals surface area contributed by atoms with Crippen molar-refractivity contribution < 1.29 is 26.0 Å². The SMILES string of the molecule is CNCc1cc(S(=O)(=O)NCC(F)(F)F)cc(C)c1F. The molecule has 0 heterocycles. The summed E-state index contributed by atoms with van der Waals surface area (Å²) in [6, 6.07) is 2.00. The number of halogens is 4. The van der Waals surface area contributed by atoms with Gasteiger partial charge in [0, 0.05) is 12.1 Å². The molecule has 4 nitrogen and oxygen atoms in total. The number of rotatable bonds is 5. The molecular weight excluding hydrogens is 300 g/mol. The molecule has 0 atom stereocenters. The number of nitrogens with one attached hydrogen (secondary N) is 2. The van der Waals surface area contributed by atoms with Gasteiger partial charge in [0.25, 0.3) is 0 Å². The Morgan fingerprint density at radius 3 is 2.35 bits per heavy atom. The second-order valence-electron chi connectivity index (χ2n) is 4.18. The van der Waals surface area contributed by atoms with Crippen LogP contribution in [0.15, 0.2) is 17.0 Å². The van der Waals surface area contributed by atoms with E-state index in [4.69, 9.17) is 0 Å². The molecule has 20 heavy (non-hydrogen) atoms. The second-order valence-corrected chi connectivity index (χ2v) is 5.95. The fraction of sp³-hybridized carbons (Fsp3) is 0.455. The van der Waals surface area contributed by atoms with Gasteiger partial charge in [0.2, 0.25) is 10.0 Å². The zero-order valence-corrected chi connectivity index (χ0v) is 11.6. The minimum atomic E-state index is -4.66. The summed E-state index contributed by atoms with van der Waals surface area (Å²) in [4.78, 5) is -0.397. The van der Waals surface area contributed by atoms with Crippen molar-refractivity contribution >= 4 is 10.0 Å². The van der Waals surface area contributed by atoms with Crippen LogP contribution in [0.1, 0.15) is 11.1 Å². The van der Waals surface area contributed by atoms with Crippen molar-refractivity contribution in [2.24, 2.45) is 0 Å². The lowest BCUT2D eigenvalue weighted by molar-refractivity contribution is -0.121. The molecule has 0 saturated heterocycles. The van der Waals surface area contributed by atoms with Gasteiger partial charge in [0.05, 0.1) is 4.90 Å². The average Bonchev–Trinajstić information content (AvgIpc) is 2.32. The maximum atomic E-state index is 13.7. The molecule has 1 rings (SSSR count). The fourth-order valence-electron chi connectivity index (χ4n) is 1.54. The molecule has 1 aromatic carbocycles. The molecular formula is C11H14F4N2O2S. The third-order valence-corrected chi connectivity index (χ3v) is 3.82. The van der Waals surface area contributed by atoms with Crippen LogP contribution in [0.2, 0.25) is 0 Å². The van der Waals surface area contributed by atoms with E-state index in [9.17, 15) is 26.0 Å². The van der Waals surface area contributed by atoms with Gasteiger partial charge in [-0.3, -0.25) is 0 Å². The van der Waals surface area contributed by atoms with Crippen LogP contribution in [0.3, 0.4) is 0 Å². The summed E-state index contributed by atoms with van der Waals surface area (Å²) < 4.78 is 74.8.